The van der Waals surface area contributed by atoms with Crippen LogP contribution in [0.3, 0.4) is 0 Å². The maximum absolute atomic E-state index is 12.3. The molecule has 4 rings (SSSR count). The zero-order chi connectivity index (χ0) is 22.5. The molecule has 162 valence electrons. The lowest BCUT2D eigenvalue weighted by Crippen LogP contribution is -2.33. The van der Waals surface area contributed by atoms with Crippen molar-refractivity contribution in [2.75, 3.05) is 7.11 Å². The molecule has 4 aromatic rings. The van der Waals surface area contributed by atoms with Crippen LogP contribution in [0.25, 0.3) is 10.9 Å². The standard InChI is InChI=1S/C22H23Cl2N5O2/c1-12-25-10-18(28(12)3)22(30,19-11-26-13(2)29(19)4)14-6-7-17-15(8-14)20(24)16(9-23)21(27-17)31-5/h6-8,10-11,30H,9H2,1-5H3. The van der Waals surface area contributed by atoms with Gasteiger partial charge in [0.2, 0.25) is 5.88 Å². The Bertz CT molecular complexity index is 1250. The minimum absolute atomic E-state index is 0.154. The van der Waals surface area contributed by atoms with Crippen LogP contribution in [0.2, 0.25) is 5.02 Å². The van der Waals surface area contributed by atoms with Crippen molar-refractivity contribution >= 4 is 34.1 Å². The van der Waals surface area contributed by atoms with Gasteiger partial charge in [0.15, 0.2) is 5.60 Å². The third-order valence-corrected chi connectivity index (χ3v) is 6.60. The van der Waals surface area contributed by atoms with E-state index in [4.69, 9.17) is 27.9 Å². The van der Waals surface area contributed by atoms with Crippen molar-refractivity contribution in [1.29, 1.82) is 0 Å². The molecule has 0 bridgehead atoms. The van der Waals surface area contributed by atoms with Crippen LogP contribution in [0.5, 0.6) is 5.88 Å². The van der Waals surface area contributed by atoms with E-state index in [-0.39, 0.29) is 5.88 Å². The first-order valence-electron chi connectivity index (χ1n) is 9.66. The van der Waals surface area contributed by atoms with Crippen LogP contribution in [-0.2, 0) is 25.6 Å². The van der Waals surface area contributed by atoms with Gasteiger partial charge in [-0.2, -0.15) is 0 Å². The van der Waals surface area contributed by atoms with Crippen molar-refractivity contribution in [2.24, 2.45) is 14.1 Å². The predicted octanol–water partition coefficient (Wildman–Crippen LogP) is 4.00. The highest BCUT2D eigenvalue weighted by Crippen LogP contribution is 2.40. The topological polar surface area (TPSA) is 78.0 Å². The number of aromatic nitrogens is 5. The Balaban J connectivity index is 2.05. The van der Waals surface area contributed by atoms with Gasteiger partial charge >= 0.3 is 0 Å². The van der Waals surface area contributed by atoms with Crippen LogP contribution in [0.15, 0.2) is 30.6 Å². The Morgan fingerprint density at radius 2 is 1.65 bits per heavy atom. The molecule has 0 aliphatic rings. The van der Waals surface area contributed by atoms with Gasteiger partial charge in [-0.15, -0.1) is 11.6 Å². The lowest BCUT2D eigenvalue weighted by Gasteiger charge is -2.30. The summed E-state index contributed by atoms with van der Waals surface area (Å²) < 4.78 is 9.08. The van der Waals surface area contributed by atoms with Crippen LogP contribution in [0.1, 0.15) is 34.2 Å². The number of halogens is 2. The van der Waals surface area contributed by atoms with Gasteiger partial charge in [0.05, 0.1) is 47.3 Å². The van der Waals surface area contributed by atoms with E-state index in [1.165, 1.54) is 7.11 Å². The molecule has 0 radical (unpaired) electrons. The summed E-state index contributed by atoms with van der Waals surface area (Å²) in [7, 11) is 5.28. The molecule has 0 unspecified atom stereocenters. The van der Waals surface area contributed by atoms with Gasteiger partial charge in [0.25, 0.3) is 0 Å². The molecule has 31 heavy (non-hydrogen) atoms. The second kappa shape index (κ2) is 7.82. The molecule has 0 spiro atoms. The number of hydrogen-bond donors (Lipinski definition) is 1. The average Bonchev–Trinajstić information content (AvgIpc) is 3.29. The highest BCUT2D eigenvalue weighted by Gasteiger charge is 2.40. The second-order valence-electron chi connectivity index (χ2n) is 7.49. The number of aryl methyl sites for hydroxylation is 2. The molecule has 0 aliphatic carbocycles. The first kappa shape index (κ1) is 21.6. The number of rotatable bonds is 5. The highest BCUT2D eigenvalue weighted by molar-refractivity contribution is 6.37. The smallest absolute Gasteiger partial charge is 0.219 e. The van der Waals surface area contributed by atoms with Crippen molar-refractivity contribution in [2.45, 2.75) is 25.3 Å². The summed E-state index contributed by atoms with van der Waals surface area (Å²) in [6, 6.07) is 5.48. The first-order chi connectivity index (χ1) is 14.7. The average molecular weight is 460 g/mol. The van der Waals surface area contributed by atoms with Crippen molar-refractivity contribution in [3.63, 3.8) is 0 Å². The zero-order valence-corrected chi connectivity index (χ0v) is 19.5. The summed E-state index contributed by atoms with van der Waals surface area (Å²) in [6.07, 6.45) is 3.36. The second-order valence-corrected chi connectivity index (χ2v) is 8.13. The zero-order valence-electron chi connectivity index (χ0n) is 17.9. The molecule has 0 saturated carbocycles. The number of methoxy groups -OCH3 is 1. The predicted molar refractivity (Wildman–Crippen MR) is 121 cm³/mol. The summed E-state index contributed by atoms with van der Waals surface area (Å²) in [4.78, 5) is 13.3. The third-order valence-electron chi connectivity index (χ3n) is 5.91. The molecule has 1 aromatic carbocycles. The summed E-state index contributed by atoms with van der Waals surface area (Å²) in [5.41, 5.74) is 1.56. The first-order valence-corrected chi connectivity index (χ1v) is 10.6. The molecule has 0 fully saturated rings. The van der Waals surface area contributed by atoms with Crippen molar-refractivity contribution in [1.82, 2.24) is 24.1 Å². The van der Waals surface area contributed by atoms with E-state index < -0.39 is 5.60 Å². The van der Waals surface area contributed by atoms with Crippen LogP contribution in [-0.4, -0.2) is 36.3 Å². The number of imidazole rings is 2. The molecule has 0 amide bonds. The number of nitrogens with zero attached hydrogens (tertiary/aromatic N) is 5. The Labute approximate surface area is 190 Å². The van der Waals surface area contributed by atoms with E-state index in [0.29, 0.717) is 44.3 Å². The van der Waals surface area contributed by atoms with Gasteiger partial charge in [-0.3, -0.25) is 0 Å². The monoisotopic (exact) mass is 459 g/mol. The molecule has 0 saturated heterocycles. The van der Waals surface area contributed by atoms with E-state index in [2.05, 4.69) is 15.0 Å². The summed E-state index contributed by atoms with van der Waals surface area (Å²) in [6.45, 7) is 3.78. The number of fused-ring (bicyclic) bond motifs is 1. The number of aliphatic hydroxyl groups is 1. The molecule has 0 atom stereocenters. The number of benzene rings is 1. The summed E-state index contributed by atoms with van der Waals surface area (Å²) in [5, 5.41) is 13.4. The van der Waals surface area contributed by atoms with E-state index in [1.807, 2.05) is 55.3 Å². The van der Waals surface area contributed by atoms with Gasteiger partial charge in [-0.05, 0) is 31.5 Å². The van der Waals surface area contributed by atoms with Crippen molar-refractivity contribution in [3.8, 4) is 5.88 Å². The van der Waals surface area contributed by atoms with Crippen LogP contribution >= 0.6 is 23.2 Å². The molecule has 7 nitrogen and oxygen atoms in total. The Morgan fingerprint density at radius 1 is 1.06 bits per heavy atom. The fourth-order valence-corrected chi connectivity index (χ4v) is 4.47. The molecule has 3 heterocycles. The minimum atomic E-state index is -1.52. The van der Waals surface area contributed by atoms with Gasteiger partial charge in [-0.1, -0.05) is 17.7 Å². The van der Waals surface area contributed by atoms with Crippen LogP contribution < -0.4 is 4.74 Å². The van der Waals surface area contributed by atoms with E-state index >= 15 is 0 Å². The number of ether oxygens (including phenoxy) is 1. The van der Waals surface area contributed by atoms with Crippen molar-refractivity contribution in [3.05, 3.63) is 69.8 Å². The summed E-state index contributed by atoms with van der Waals surface area (Å²) >= 11 is 12.8. The molecular weight excluding hydrogens is 437 g/mol. The van der Waals surface area contributed by atoms with E-state index in [9.17, 15) is 5.11 Å². The van der Waals surface area contributed by atoms with Crippen molar-refractivity contribution < 1.29 is 9.84 Å². The fourth-order valence-electron chi connectivity index (χ4n) is 3.86. The lowest BCUT2D eigenvalue weighted by atomic mass is 9.86. The Kier molecular flexibility index (Phi) is 5.45. The largest absolute Gasteiger partial charge is 0.481 e. The quantitative estimate of drug-likeness (QED) is 0.456. The Hall–Kier alpha value is -2.61. The number of pyridine rings is 1. The molecule has 1 N–H and O–H groups in total. The van der Waals surface area contributed by atoms with Gasteiger partial charge in [-0.25, -0.2) is 15.0 Å². The maximum Gasteiger partial charge on any atom is 0.219 e. The van der Waals surface area contributed by atoms with Crippen LogP contribution in [0, 0.1) is 13.8 Å². The molecule has 0 aliphatic heterocycles. The van der Waals surface area contributed by atoms with Gasteiger partial charge in [0, 0.05) is 25.0 Å². The SMILES string of the molecule is COc1nc2ccc(C(O)(c3cnc(C)n3C)c3cnc(C)n3C)cc2c(Cl)c1CCl. The number of alkyl halides is 1. The Morgan fingerprint density at radius 3 is 2.10 bits per heavy atom. The highest BCUT2D eigenvalue weighted by atomic mass is 35.5. The molecular formula is C22H23Cl2N5O2. The van der Waals surface area contributed by atoms with E-state index in [1.54, 1.807) is 12.4 Å². The fraction of sp³-hybridized carbons (Fsp3) is 0.318. The minimum Gasteiger partial charge on any atom is -0.481 e. The van der Waals surface area contributed by atoms with Gasteiger partial charge in [0.1, 0.15) is 11.6 Å². The maximum atomic E-state index is 12.3. The molecule has 9 heteroatoms. The summed E-state index contributed by atoms with van der Waals surface area (Å²) in [5.74, 6) is 2.10. The van der Waals surface area contributed by atoms with E-state index in [0.717, 1.165) is 11.6 Å². The van der Waals surface area contributed by atoms with Crippen LogP contribution in [0.4, 0.5) is 0 Å². The molecule has 3 aromatic heterocycles. The normalized spacial score (nSPS) is 12.0. The third kappa shape index (κ3) is 3.19. The van der Waals surface area contributed by atoms with Gasteiger partial charge < -0.3 is 19.0 Å². The number of hydrogen-bond acceptors (Lipinski definition) is 5. The lowest BCUT2D eigenvalue weighted by molar-refractivity contribution is 0.109.